The van der Waals surface area contributed by atoms with Crippen LogP contribution in [0.2, 0.25) is 0 Å². The molecular formula is C10H18O2. The molecule has 2 heteroatoms. The first-order valence-electron chi connectivity index (χ1n) is 4.68. The van der Waals surface area contributed by atoms with Crippen LogP contribution in [0.3, 0.4) is 0 Å². The van der Waals surface area contributed by atoms with E-state index in [0.717, 1.165) is 13.0 Å². The molecule has 0 spiro atoms. The van der Waals surface area contributed by atoms with Gasteiger partial charge in [-0.05, 0) is 33.1 Å². The van der Waals surface area contributed by atoms with Crippen molar-refractivity contribution >= 4 is 0 Å². The molecule has 1 saturated heterocycles. The average molecular weight is 170 g/mol. The standard InChI is InChI=1S/C10H18O2/c1-3-9(2)8-12-10-6-4-5-7-11-10/h3,10H,4-8H2,1-2H3/b9-3-/t10-/m1/s1. The molecule has 0 N–H and O–H groups in total. The maximum Gasteiger partial charge on any atom is 0.158 e. The molecule has 0 aromatic carbocycles. The van der Waals surface area contributed by atoms with Crippen LogP contribution in [-0.2, 0) is 9.47 Å². The number of rotatable bonds is 3. The molecule has 1 aliphatic heterocycles. The smallest absolute Gasteiger partial charge is 0.158 e. The first-order valence-corrected chi connectivity index (χ1v) is 4.68. The highest BCUT2D eigenvalue weighted by Crippen LogP contribution is 2.14. The van der Waals surface area contributed by atoms with E-state index in [-0.39, 0.29) is 6.29 Å². The Hall–Kier alpha value is -0.340. The number of allylic oxidation sites excluding steroid dienone is 1. The predicted octanol–water partition coefficient (Wildman–Crippen LogP) is 2.50. The van der Waals surface area contributed by atoms with Crippen molar-refractivity contribution in [1.29, 1.82) is 0 Å². The van der Waals surface area contributed by atoms with Gasteiger partial charge < -0.3 is 9.47 Å². The zero-order valence-corrected chi connectivity index (χ0v) is 8.01. The summed E-state index contributed by atoms with van der Waals surface area (Å²) >= 11 is 0. The van der Waals surface area contributed by atoms with E-state index in [1.807, 2.05) is 6.92 Å². The first-order chi connectivity index (χ1) is 5.83. The molecule has 12 heavy (non-hydrogen) atoms. The molecule has 0 aliphatic carbocycles. The minimum atomic E-state index is 0.0497. The van der Waals surface area contributed by atoms with Crippen LogP contribution in [0.15, 0.2) is 11.6 Å². The van der Waals surface area contributed by atoms with Gasteiger partial charge in [-0.25, -0.2) is 0 Å². The molecule has 0 aromatic heterocycles. The molecule has 0 saturated carbocycles. The Morgan fingerprint density at radius 1 is 1.58 bits per heavy atom. The molecule has 2 nitrogen and oxygen atoms in total. The van der Waals surface area contributed by atoms with Crippen molar-refractivity contribution in [2.45, 2.75) is 39.4 Å². The molecule has 1 rings (SSSR count). The van der Waals surface area contributed by atoms with Crippen molar-refractivity contribution in [2.24, 2.45) is 0 Å². The van der Waals surface area contributed by atoms with Crippen molar-refractivity contribution in [3.8, 4) is 0 Å². The van der Waals surface area contributed by atoms with Gasteiger partial charge in [0.1, 0.15) is 0 Å². The second kappa shape index (κ2) is 5.33. The highest BCUT2D eigenvalue weighted by molar-refractivity contribution is 4.95. The SMILES string of the molecule is C/C=C(/C)CO[C@@H]1CCCCO1. The van der Waals surface area contributed by atoms with Crippen molar-refractivity contribution in [3.05, 3.63) is 11.6 Å². The van der Waals surface area contributed by atoms with Crippen molar-refractivity contribution in [2.75, 3.05) is 13.2 Å². The van der Waals surface area contributed by atoms with E-state index in [2.05, 4.69) is 13.0 Å². The molecule has 0 unspecified atom stereocenters. The van der Waals surface area contributed by atoms with E-state index in [1.54, 1.807) is 0 Å². The van der Waals surface area contributed by atoms with Gasteiger partial charge in [-0.2, -0.15) is 0 Å². The molecular weight excluding hydrogens is 152 g/mol. The lowest BCUT2D eigenvalue weighted by molar-refractivity contribution is -0.156. The fourth-order valence-electron chi connectivity index (χ4n) is 1.15. The second-order valence-electron chi connectivity index (χ2n) is 3.24. The number of hydrogen-bond acceptors (Lipinski definition) is 2. The summed E-state index contributed by atoms with van der Waals surface area (Å²) in [4.78, 5) is 0. The van der Waals surface area contributed by atoms with Crippen LogP contribution in [0.25, 0.3) is 0 Å². The summed E-state index contributed by atoms with van der Waals surface area (Å²) in [5.74, 6) is 0. The van der Waals surface area contributed by atoms with Gasteiger partial charge >= 0.3 is 0 Å². The zero-order valence-electron chi connectivity index (χ0n) is 8.01. The molecule has 1 atom stereocenters. The third-order valence-electron chi connectivity index (χ3n) is 2.13. The molecule has 0 amide bonds. The Labute approximate surface area is 74.6 Å². The molecule has 70 valence electrons. The lowest BCUT2D eigenvalue weighted by Crippen LogP contribution is -2.22. The lowest BCUT2D eigenvalue weighted by Gasteiger charge is -2.22. The van der Waals surface area contributed by atoms with E-state index in [1.165, 1.54) is 18.4 Å². The Bertz CT molecular complexity index is 146. The maximum absolute atomic E-state index is 5.55. The minimum Gasteiger partial charge on any atom is -0.353 e. The highest BCUT2D eigenvalue weighted by atomic mass is 16.7. The number of hydrogen-bond donors (Lipinski definition) is 0. The van der Waals surface area contributed by atoms with Crippen LogP contribution in [0, 0.1) is 0 Å². The third-order valence-corrected chi connectivity index (χ3v) is 2.13. The summed E-state index contributed by atoms with van der Waals surface area (Å²) in [5.41, 5.74) is 1.27. The predicted molar refractivity (Wildman–Crippen MR) is 49.0 cm³/mol. The largest absolute Gasteiger partial charge is 0.353 e. The van der Waals surface area contributed by atoms with E-state index in [9.17, 15) is 0 Å². The Kier molecular flexibility index (Phi) is 4.33. The summed E-state index contributed by atoms with van der Waals surface area (Å²) in [6.45, 7) is 5.67. The van der Waals surface area contributed by atoms with Crippen molar-refractivity contribution < 1.29 is 9.47 Å². The van der Waals surface area contributed by atoms with Crippen LogP contribution >= 0.6 is 0 Å². The van der Waals surface area contributed by atoms with Crippen LogP contribution < -0.4 is 0 Å². The van der Waals surface area contributed by atoms with Crippen LogP contribution in [0.5, 0.6) is 0 Å². The quantitative estimate of drug-likeness (QED) is 0.606. The minimum absolute atomic E-state index is 0.0497. The molecule has 1 fully saturated rings. The normalized spacial score (nSPS) is 25.8. The molecule has 1 aliphatic rings. The molecule has 0 bridgehead atoms. The molecule has 0 radical (unpaired) electrons. The maximum atomic E-state index is 5.55. The lowest BCUT2D eigenvalue weighted by atomic mass is 10.2. The van der Waals surface area contributed by atoms with Gasteiger partial charge in [0.15, 0.2) is 6.29 Å². The van der Waals surface area contributed by atoms with Gasteiger partial charge in [0, 0.05) is 6.61 Å². The zero-order chi connectivity index (χ0) is 8.81. The van der Waals surface area contributed by atoms with E-state index in [0.29, 0.717) is 6.61 Å². The second-order valence-corrected chi connectivity index (χ2v) is 3.24. The number of ether oxygens (including phenoxy) is 2. The summed E-state index contributed by atoms with van der Waals surface area (Å²) in [5, 5.41) is 0. The summed E-state index contributed by atoms with van der Waals surface area (Å²) in [6, 6.07) is 0. The Morgan fingerprint density at radius 2 is 2.42 bits per heavy atom. The van der Waals surface area contributed by atoms with E-state index >= 15 is 0 Å². The van der Waals surface area contributed by atoms with Gasteiger partial charge in [0.25, 0.3) is 0 Å². The van der Waals surface area contributed by atoms with Crippen LogP contribution in [-0.4, -0.2) is 19.5 Å². The van der Waals surface area contributed by atoms with Gasteiger partial charge in [0.05, 0.1) is 6.61 Å². The van der Waals surface area contributed by atoms with Gasteiger partial charge in [-0.15, -0.1) is 0 Å². The van der Waals surface area contributed by atoms with Crippen molar-refractivity contribution in [1.82, 2.24) is 0 Å². The van der Waals surface area contributed by atoms with Gasteiger partial charge in [-0.1, -0.05) is 11.6 Å². The topological polar surface area (TPSA) is 18.5 Å². The average Bonchev–Trinajstić information content (AvgIpc) is 2.16. The summed E-state index contributed by atoms with van der Waals surface area (Å²) in [6.07, 6.45) is 5.59. The first kappa shape index (κ1) is 9.75. The Morgan fingerprint density at radius 3 is 3.00 bits per heavy atom. The van der Waals surface area contributed by atoms with Crippen LogP contribution in [0.1, 0.15) is 33.1 Å². The van der Waals surface area contributed by atoms with Gasteiger partial charge in [-0.3, -0.25) is 0 Å². The monoisotopic (exact) mass is 170 g/mol. The fraction of sp³-hybridized carbons (Fsp3) is 0.800. The van der Waals surface area contributed by atoms with Crippen LogP contribution in [0.4, 0.5) is 0 Å². The highest BCUT2D eigenvalue weighted by Gasteiger charge is 2.13. The Balaban J connectivity index is 2.13. The molecule has 0 aromatic rings. The van der Waals surface area contributed by atoms with E-state index in [4.69, 9.17) is 9.47 Å². The third kappa shape index (κ3) is 3.37. The van der Waals surface area contributed by atoms with Crippen molar-refractivity contribution in [3.63, 3.8) is 0 Å². The van der Waals surface area contributed by atoms with Gasteiger partial charge in [0.2, 0.25) is 0 Å². The summed E-state index contributed by atoms with van der Waals surface area (Å²) in [7, 11) is 0. The van der Waals surface area contributed by atoms with E-state index < -0.39 is 0 Å². The summed E-state index contributed by atoms with van der Waals surface area (Å²) < 4.78 is 11.0. The molecule has 1 heterocycles. The fourth-order valence-corrected chi connectivity index (χ4v) is 1.15.